The van der Waals surface area contributed by atoms with Gasteiger partial charge < -0.3 is 0 Å². The van der Waals surface area contributed by atoms with Crippen molar-refractivity contribution in [3.05, 3.63) is 0 Å². The predicted octanol–water partition coefficient (Wildman–Crippen LogP) is -3.09. The van der Waals surface area contributed by atoms with Crippen LogP contribution in [0.4, 0.5) is 0 Å². The van der Waals surface area contributed by atoms with Crippen molar-refractivity contribution in [2.45, 2.75) is 0 Å². The SMILES string of the molecule is O=[As](O)(O)O.[SeH2]. The fraction of sp³-hybridized carbons (Fsp3) is 0. The number of hydrogen-bond acceptors (Lipinski definition) is 1. The van der Waals surface area contributed by atoms with Gasteiger partial charge in [0.2, 0.25) is 0 Å². The van der Waals surface area contributed by atoms with Crippen LogP contribution in [0.3, 0.4) is 0 Å². The van der Waals surface area contributed by atoms with Gasteiger partial charge in [0.1, 0.15) is 0 Å². The molecule has 0 unspecified atom stereocenters. The molecule has 40 valence electrons. The van der Waals surface area contributed by atoms with Gasteiger partial charge in [-0.2, -0.15) is 0 Å². The summed E-state index contributed by atoms with van der Waals surface area (Å²) in [5.74, 6) is 0. The third-order valence-electron chi connectivity index (χ3n) is 0. The second kappa shape index (κ2) is 2.85. The van der Waals surface area contributed by atoms with Crippen molar-refractivity contribution >= 4 is 31.6 Å². The van der Waals surface area contributed by atoms with Crippen LogP contribution >= 0.6 is 0 Å². The molecule has 0 atom stereocenters. The molecule has 0 bridgehead atoms. The normalized spacial score (nSPS) is 9.83. The molecule has 0 amide bonds. The molecule has 0 aliphatic carbocycles. The second-order valence-corrected chi connectivity index (χ2v) is 2.67. The summed E-state index contributed by atoms with van der Waals surface area (Å²) < 4.78 is 30.7. The molecule has 0 aromatic carbocycles. The van der Waals surface area contributed by atoms with E-state index in [-0.39, 0.29) is 17.1 Å². The molecule has 6 heteroatoms. The van der Waals surface area contributed by atoms with Gasteiger partial charge in [0.25, 0.3) is 0 Å². The zero-order valence-corrected chi connectivity index (χ0v) is 6.67. The van der Waals surface area contributed by atoms with E-state index in [0.717, 1.165) is 0 Å². The molecule has 0 aromatic rings. The maximum atomic E-state index is 8.94. The van der Waals surface area contributed by atoms with Gasteiger partial charge in [0, 0.05) is 0 Å². The summed E-state index contributed by atoms with van der Waals surface area (Å²) in [4.78, 5) is 0. The molecule has 4 nitrogen and oxygen atoms in total. The minimum atomic E-state index is -5.12. The van der Waals surface area contributed by atoms with Crippen LogP contribution in [0.15, 0.2) is 0 Å². The quantitative estimate of drug-likeness (QED) is 0.380. The Morgan fingerprint density at radius 3 is 1.17 bits per heavy atom. The van der Waals surface area contributed by atoms with Crippen molar-refractivity contribution in [1.82, 2.24) is 0 Å². The summed E-state index contributed by atoms with van der Waals surface area (Å²) in [6, 6.07) is 0. The molecule has 0 saturated heterocycles. The Morgan fingerprint density at radius 1 is 1.17 bits per heavy atom. The summed E-state index contributed by atoms with van der Waals surface area (Å²) in [5, 5.41) is 0. The first-order valence-corrected chi connectivity index (χ1v) is 4.07. The van der Waals surface area contributed by atoms with Crippen LogP contribution in [0.1, 0.15) is 0 Å². The van der Waals surface area contributed by atoms with E-state index in [1.54, 1.807) is 0 Å². The van der Waals surface area contributed by atoms with Crippen LogP contribution in [0.25, 0.3) is 0 Å². The molecule has 0 fully saturated rings. The zero-order valence-electron chi connectivity index (χ0n) is 2.70. The fourth-order valence-corrected chi connectivity index (χ4v) is 0. The van der Waals surface area contributed by atoms with Gasteiger partial charge in [-0.05, 0) is 0 Å². The summed E-state index contributed by atoms with van der Waals surface area (Å²) in [5.41, 5.74) is 0. The number of rotatable bonds is 0. The average Bonchev–Trinajstić information content (AvgIpc) is 0.722. The van der Waals surface area contributed by atoms with Crippen molar-refractivity contribution in [3.63, 3.8) is 0 Å². The average molecular weight is 223 g/mol. The van der Waals surface area contributed by atoms with E-state index in [2.05, 4.69) is 0 Å². The van der Waals surface area contributed by atoms with Crippen molar-refractivity contribution < 1.29 is 16.0 Å². The summed E-state index contributed by atoms with van der Waals surface area (Å²) in [6.45, 7) is 0. The molecule has 0 spiro atoms. The molecule has 0 aliphatic heterocycles. The summed E-state index contributed by atoms with van der Waals surface area (Å²) in [6.07, 6.45) is 0. The van der Waals surface area contributed by atoms with Crippen LogP contribution in [-0.2, 0) is 3.74 Å². The molecule has 0 heterocycles. The molecule has 0 aliphatic rings. The van der Waals surface area contributed by atoms with Gasteiger partial charge in [-0.25, -0.2) is 0 Å². The third kappa shape index (κ3) is 117. The van der Waals surface area contributed by atoms with Crippen molar-refractivity contribution in [2.24, 2.45) is 0 Å². The minimum absolute atomic E-state index is 0. The first-order chi connectivity index (χ1) is 2.00. The third-order valence-corrected chi connectivity index (χ3v) is 0. The molecule has 6 heavy (non-hydrogen) atoms. The topological polar surface area (TPSA) is 77.8 Å². The van der Waals surface area contributed by atoms with Gasteiger partial charge in [0.05, 0.1) is 0 Å². The maximum absolute atomic E-state index is 8.94. The Bertz CT molecular complexity index is 53.7. The van der Waals surface area contributed by atoms with E-state index in [0.29, 0.717) is 0 Å². The van der Waals surface area contributed by atoms with Crippen molar-refractivity contribution in [2.75, 3.05) is 0 Å². The van der Waals surface area contributed by atoms with Gasteiger partial charge in [0.15, 0.2) is 0 Å². The molecule has 0 radical (unpaired) electrons. The number of hydrogen-bond donors (Lipinski definition) is 3. The standard InChI is InChI=1S/AsH3O4.H2Se/c2-1(3,4)5;/h(H3,2,3,4,5);1H2. The van der Waals surface area contributed by atoms with Gasteiger partial charge >= 0.3 is 47.6 Å². The summed E-state index contributed by atoms with van der Waals surface area (Å²) >= 11 is -5.12. The van der Waals surface area contributed by atoms with E-state index in [9.17, 15) is 0 Å². The monoisotopic (exact) mass is 224 g/mol. The molecule has 0 rings (SSSR count). The Balaban J connectivity index is 0. The van der Waals surface area contributed by atoms with Crippen LogP contribution in [0.2, 0.25) is 0 Å². The van der Waals surface area contributed by atoms with E-state index in [1.807, 2.05) is 0 Å². The van der Waals surface area contributed by atoms with E-state index in [4.69, 9.17) is 16.0 Å². The van der Waals surface area contributed by atoms with Crippen molar-refractivity contribution in [3.8, 4) is 0 Å². The Hall–Kier alpha value is 0.758. The van der Waals surface area contributed by atoms with Gasteiger partial charge in [-0.1, -0.05) is 0 Å². The Kier molecular flexibility index (Phi) is 4.71. The first-order valence-electron chi connectivity index (χ1n) is 0.783. The fourth-order valence-electron chi connectivity index (χ4n) is 0. The van der Waals surface area contributed by atoms with Crippen LogP contribution in [0.5, 0.6) is 0 Å². The molecular weight excluding hydrogens is 218 g/mol. The van der Waals surface area contributed by atoms with E-state index >= 15 is 0 Å². The van der Waals surface area contributed by atoms with E-state index < -0.39 is 14.5 Å². The Morgan fingerprint density at radius 2 is 1.17 bits per heavy atom. The van der Waals surface area contributed by atoms with Gasteiger partial charge in [-0.15, -0.1) is 0 Å². The zero-order chi connectivity index (χ0) is 4.50. The molecular formula is H5AsO4Se. The molecule has 0 saturated carbocycles. The second-order valence-electron chi connectivity index (χ2n) is 0.513. The summed E-state index contributed by atoms with van der Waals surface area (Å²) in [7, 11) is 0. The van der Waals surface area contributed by atoms with Gasteiger partial charge in [-0.3, -0.25) is 0 Å². The van der Waals surface area contributed by atoms with Crippen LogP contribution in [0, 0.1) is 0 Å². The first kappa shape index (κ1) is 9.90. The van der Waals surface area contributed by atoms with E-state index in [1.165, 1.54) is 0 Å². The van der Waals surface area contributed by atoms with Crippen molar-refractivity contribution in [1.29, 1.82) is 0 Å². The predicted molar refractivity (Wildman–Crippen MR) is 21.6 cm³/mol. The van der Waals surface area contributed by atoms with Crippen LogP contribution < -0.4 is 0 Å². The molecule has 3 N–H and O–H groups in total. The molecule has 0 aromatic heterocycles. The Labute approximate surface area is 48.0 Å². The van der Waals surface area contributed by atoms with Crippen LogP contribution in [-0.4, -0.2) is 43.9 Å².